The summed E-state index contributed by atoms with van der Waals surface area (Å²) in [5.74, 6) is 0.801. The number of aryl methyl sites for hydroxylation is 2. The van der Waals surface area contributed by atoms with Crippen LogP contribution in [0, 0.1) is 26.7 Å². The fourth-order valence-electron chi connectivity index (χ4n) is 4.65. The Kier molecular flexibility index (Phi) is 9.27. The number of aromatic nitrogens is 3. The standard InChI is InChI=1S/C30H37N5O5S/c1-7-8-14-27(36)35(28(19(2)3)30-31-22(6)33-40-30)18-23-15-16-25(24-12-10-9-11-13-24)26(17-23)41(37,38)34-29-20(4)21(5)32-39-29/h9-13,15-17,19,28,34H,7-8,14,18H2,1-6H3. The predicted molar refractivity (Wildman–Crippen MR) is 155 cm³/mol. The molecule has 0 saturated carbocycles. The molecule has 4 rings (SSSR count). The highest BCUT2D eigenvalue weighted by Crippen LogP contribution is 2.34. The van der Waals surface area contributed by atoms with Gasteiger partial charge < -0.3 is 13.9 Å². The number of nitrogens with one attached hydrogen (secondary N) is 1. The first kappa shape index (κ1) is 30.0. The van der Waals surface area contributed by atoms with Crippen molar-refractivity contribution in [3.05, 3.63) is 77.1 Å². The van der Waals surface area contributed by atoms with Crippen LogP contribution in [-0.4, -0.2) is 34.5 Å². The summed E-state index contributed by atoms with van der Waals surface area (Å²) in [4.78, 5) is 19.8. The van der Waals surface area contributed by atoms with Crippen LogP contribution < -0.4 is 4.72 Å². The molecule has 2 aromatic heterocycles. The van der Waals surface area contributed by atoms with Crippen molar-refractivity contribution in [3.63, 3.8) is 0 Å². The maximum Gasteiger partial charge on any atom is 0.264 e. The van der Waals surface area contributed by atoms with Gasteiger partial charge in [-0.25, -0.2) is 13.1 Å². The number of anilines is 1. The molecule has 2 aromatic carbocycles. The van der Waals surface area contributed by atoms with Gasteiger partial charge in [-0.1, -0.05) is 80.0 Å². The number of rotatable bonds is 12. The third-order valence-electron chi connectivity index (χ3n) is 6.99. The minimum absolute atomic E-state index is 0.0356. The predicted octanol–water partition coefficient (Wildman–Crippen LogP) is 6.37. The third kappa shape index (κ3) is 6.84. The van der Waals surface area contributed by atoms with Crippen molar-refractivity contribution in [2.75, 3.05) is 4.72 Å². The summed E-state index contributed by atoms with van der Waals surface area (Å²) in [6.07, 6.45) is 1.95. The van der Waals surface area contributed by atoms with Gasteiger partial charge in [0.1, 0.15) is 6.04 Å². The number of carbonyl (C=O) groups is 1. The minimum atomic E-state index is -4.11. The second-order valence-corrected chi connectivity index (χ2v) is 12.2. The summed E-state index contributed by atoms with van der Waals surface area (Å²) in [6.45, 7) is 11.4. The van der Waals surface area contributed by atoms with Gasteiger partial charge in [0, 0.05) is 24.1 Å². The zero-order valence-corrected chi connectivity index (χ0v) is 25.2. The summed E-state index contributed by atoms with van der Waals surface area (Å²) in [6, 6.07) is 14.0. The Morgan fingerprint density at radius 1 is 1.02 bits per heavy atom. The fourth-order valence-corrected chi connectivity index (χ4v) is 5.98. The zero-order valence-electron chi connectivity index (χ0n) is 24.3. The second-order valence-electron chi connectivity index (χ2n) is 10.5. The maximum atomic E-state index is 13.8. The molecule has 41 heavy (non-hydrogen) atoms. The molecule has 1 amide bonds. The first-order valence-corrected chi connectivity index (χ1v) is 15.2. The van der Waals surface area contributed by atoms with E-state index in [-0.39, 0.29) is 29.1 Å². The Labute approximate surface area is 241 Å². The Morgan fingerprint density at radius 3 is 2.34 bits per heavy atom. The highest BCUT2D eigenvalue weighted by Gasteiger charge is 2.33. The lowest BCUT2D eigenvalue weighted by Crippen LogP contribution is -2.37. The molecular weight excluding hydrogens is 542 g/mol. The number of benzene rings is 2. The molecule has 0 aliphatic rings. The van der Waals surface area contributed by atoms with Crippen LogP contribution in [0.1, 0.15) is 74.6 Å². The number of carbonyl (C=O) groups excluding carboxylic acids is 1. The van der Waals surface area contributed by atoms with Gasteiger partial charge in [0.2, 0.25) is 17.7 Å². The highest BCUT2D eigenvalue weighted by molar-refractivity contribution is 7.92. The van der Waals surface area contributed by atoms with Gasteiger partial charge >= 0.3 is 0 Å². The second kappa shape index (κ2) is 12.7. The Morgan fingerprint density at radius 2 is 1.76 bits per heavy atom. The molecule has 4 aromatic rings. The third-order valence-corrected chi connectivity index (χ3v) is 8.36. The summed E-state index contributed by atoms with van der Waals surface area (Å²) in [5, 5.41) is 7.82. The van der Waals surface area contributed by atoms with Gasteiger partial charge in [0.05, 0.1) is 10.6 Å². The average Bonchev–Trinajstić information content (AvgIpc) is 3.51. The van der Waals surface area contributed by atoms with E-state index in [9.17, 15) is 13.2 Å². The summed E-state index contributed by atoms with van der Waals surface area (Å²) in [7, 11) is -4.11. The van der Waals surface area contributed by atoms with Crippen molar-refractivity contribution in [1.29, 1.82) is 0 Å². The molecule has 0 bridgehead atoms. The van der Waals surface area contributed by atoms with Crippen LogP contribution >= 0.6 is 0 Å². The van der Waals surface area contributed by atoms with Gasteiger partial charge in [-0.3, -0.25) is 4.79 Å². The molecule has 10 nitrogen and oxygen atoms in total. The van der Waals surface area contributed by atoms with Crippen LogP contribution in [0.5, 0.6) is 0 Å². The number of hydrogen-bond donors (Lipinski definition) is 1. The van der Waals surface area contributed by atoms with Crippen LogP contribution in [0.15, 0.2) is 62.5 Å². The number of nitrogens with zero attached hydrogens (tertiary/aromatic N) is 4. The van der Waals surface area contributed by atoms with E-state index in [0.717, 1.165) is 18.4 Å². The molecule has 0 radical (unpaired) electrons. The van der Waals surface area contributed by atoms with Gasteiger partial charge in [0.25, 0.3) is 10.0 Å². The summed E-state index contributed by atoms with van der Waals surface area (Å²) in [5.41, 5.74) is 3.10. The van der Waals surface area contributed by atoms with E-state index < -0.39 is 16.1 Å². The van der Waals surface area contributed by atoms with Crippen molar-refractivity contribution in [2.24, 2.45) is 5.92 Å². The van der Waals surface area contributed by atoms with Gasteiger partial charge in [-0.2, -0.15) is 4.98 Å². The summed E-state index contributed by atoms with van der Waals surface area (Å²) >= 11 is 0. The van der Waals surface area contributed by atoms with E-state index in [1.54, 1.807) is 37.8 Å². The van der Waals surface area contributed by atoms with Crippen LogP contribution in [0.4, 0.5) is 5.88 Å². The molecule has 0 saturated heterocycles. The fraction of sp³-hybridized carbons (Fsp3) is 0.400. The normalized spacial score (nSPS) is 12.5. The summed E-state index contributed by atoms with van der Waals surface area (Å²) < 4.78 is 41.0. The van der Waals surface area contributed by atoms with E-state index in [2.05, 4.69) is 20.0 Å². The van der Waals surface area contributed by atoms with E-state index in [4.69, 9.17) is 9.05 Å². The number of hydrogen-bond acceptors (Lipinski definition) is 8. The highest BCUT2D eigenvalue weighted by atomic mass is 32.2. The largest absolute Gasteiger partial charge is 0.337 e. The maximum absolute atomic E-state index is 13.8. The lowest BCUT2D eigenvalue weighted by Gasteiger charge is -2.32. The Bertz CT molecular complexity index is 1590. The number of unbranched alkanes of at least 4 members (excludes halogenated alkanes) is 1. The SMILES string of the molecule is CCCCC(=O)N(Cc1ccc(-c2ccccc2)c(S(=O)(=O)Nc2onc(C)c2C)c1)C(c1nc(C)no1)C(C)C. The zero-order chi connectivity index (χ0) is 29.7. The van der Waals surface area contributed by atoms with Crippen LogP contribution in [0.3, 0.4) is 0 Å². The molecular formula is C30H37N5O5S. The first-order chi connectivity index (χ1) is 19.5. The van der Waals surface area contributed by atoms with Crippen LogP contribution in [-0.2, 0) is 21.4 Å². The molecule has 0 aliphatic heterocycles. The van der Waals surface area contributed by atoms with Crippen molar-refractivity contribution < 1.29 is 22.3 Å². The molecule has 1 unspecified atom stereocenters. The molecule has 0 spiro atoms. The number of sulfonamides is 1. The van der Waals surface area contributed by atoms with Crippen LogP contribution in [0.2, 0.25) is 0 Å². The van der Waals surface area contributed by atoms with Crippen molar-refractivity contribution in [3.8, 4) is 11.1 Å². The lowest BCUT2D eigenvalue weighted by atomic mass is 9.99. The molecule has 0 fully saturated rings. The molecule has 2 heterocycles. The van der Waals surface area contributed by atoms with Gasteiger partial charge in [0.15, 0.2) is 5.82 Å². The van der Waals surface area contributed by atoms with Gasteiger partial charge in [-0.05, 0) is 50.3 Å². The van der Waals surface area contributed by atoms with Crippen molar-refractivity contribution in [1.82, 2.24) is 20.2 Å². The quantitative estimate of drug-likeness (QED) is 0.205. The minimum Gasteiger partial charge on any atom is -0.337 e. The molecule has 1 atom stereocenters. The van der Waals surface area contributed by atoms with E-state index >= 15 is 0 Å². The topological polar surface area (TPSA) is 131 Å². The monoisotopic (exact) mass is 579 g/mol. The lowest BCUT2D eigenvalue weighted by molar-refractivity contribution is -0.136. The van der Waals surface area contributed by atoms with Crippen molar-refractivity contribution >= 4 is 21.8 Å². The smallest absolute Gasteiger partial charge is 0.264 e. The van der Waals surface area contributed by atoms with E-state index in [0.29, 0.717) is 40.5 Å². The van der Waals surface area contributed by atoms with Crippen LogP contribution in [0.25, 0.3) is 11.1 Å². The van der Waals surface area contributed by atoms with Gasteiger partial charge in [-0.15, -0.1) is 0 Å². The van der Waals surface area contributed by atoms with E-state index in [1.165, 1.54) is 0 Å². The molecule has 218 valence electrons. The first-order valence-electron chi connectivity index (χ1n) is 13.8. The average molecular weight is 580 g/mol. The molecule has 11 heteroatoms. The van der Waals surface area contributed by atoms with E-state index in [1.807, 2.05) is 57.2 Å². The molecule has 0 aliphatic carbocycles. The Balaban J connectivity index is 1.80. The Hall–Kier alpha value is -3.99. The van der Waals surface area contributed by atoms with Crippen molar-refractivity contribution in [2.45, 2.75) is 78.3 Å². The number of amides is 1. The molecule has 1 N–H and O–H groups in total.